The van der Waals surface area contributed by atoms with Gasteiger partial charge in [0.2, 0.25) is 0 Å². The summed E-state index contributed by atoms with van der Waals surface area (Å²) in [5.41, 5.74) is 0.916. The molecule has 0 saturated carbocycles. The lowest BCUT2D eigenvalue weighted by Gasteiger charge is -2.32. The van der Waals surface area contributed by atoms with Crippen LogP contribution in [0.15, 0.2) is 30.3 Å². The van der Waals surface area contributed by atoms with Gasteiger partial charge in [0.05, 0.1) is 6.04 Å². The number of likely N-dealkylation sites (tertiary alicyclic amines) is 2. The van der Waals surface area contributed by atoms with Gasteiger partial charge in [-0.2, -0.15) is 0 Å². The summed E-state index contributed by atoms with van der Waals surface area (Å²) < 4.78 is 5.66. The van der Waals surface area contributed by atoms with Crippen molar-refractivity contribution in [3.8, 4) is 0 Å². The van der Waals surface area contributed by atoms with E-state index in [9.17, 15) is 4.79 Å². The summed E-state index contributed by atoms with van der Waals surface area (Å²) in [4.78, 5) is 17.2. The zero-order valence-corrected chi connectivity index (χ0v) is 15.2. The average molecular weight is 330 g/mol. The van der Waals surface area contributed by atoms with Gasteiger partial charge in [-0.3, -0.25) is 4.90 Å². The van der Waals surface area contributed by atoms with Crippen LogP contribution in [0.4, 0.5) is 4.79 Å². The van der Waals surface area contributed by atoms with E-state index in [1.165, 1.54) is 18.4 Å². The van der Waals surface area contributed by atoms with Gasteiger partial charge in [0.1, 0.15) is 5.60 Å². The molecule has 0 aliphatic carbocycles. The Morgan fingerprint density at radius 2 is 1.92 bits per heavy atom. The number of carbonyl (C=O) groups excluding carboxylic acids is 1. The van der Waals surface area contributed by atoms with Crippen molar-refractivity contribution in [3.63, 3.8) is 0 Å². The Morgan fingerprint density at radius 3 is 2.62 bits per heavy atom. The van der Waals surface area contributed by atoms with Gasteiger partial charge in [-0.15, -0.1) is 0 Å². The van der Waals surface area contributed by atoms with Crippen LogP contribution >= 0.6 is 0 Å². The Morgan fingerprint density at radius 1 is 1.17 bits per heavy atom. The van der Waals surface area contributed by atoms with E-state index in [0.717, 1.165) is 32.6 Å². The Kier molecular flexibility index (Phi) is 5.14. The largest absolute Gasteiger partial charge is 0.444 e. The second kappa shape index (κ2) is 7.14. The Bertz CT molecular complexity index is 553. The molecule has 2 aliphatic rings. The minimum absolute atomic E-state index is 0.138. The van der Waals surface area contributed by atoms with Crippen LogP contribution in [0.5, 0.6) is 0 Å². The number of hydrogen-bond acceptors (Lipinski definition) is 3. The van der Waals surface area contributed by atoms with Crippen LogP contribution in [-0.2, 0) is 11.3 Å². The third kappa shape index (κ3) is 4.29. The molecule has 4 nitrogen and oxygen atoms in total. The van der Waals surface area contributed by atoms with Crippen molar-refractivity contribution in [1.82, 2.24) is 9.80 Å². The first kappa shape index (κ1) is 17.3. The molecule has 1 amide bonds. The molecule has 132 valence electrons. The van der Waals surface area contributed by atoms with E-state index in [1.807, 2.05) is 25.7 Å². The van der Waals surface area contributed by atoms with Gasteiger partial charge in [0.25, 0.3) is 0 Å². The Balaban J connectivity index is 1.68. The maximum Gasteiger partial charge on any atom is 0.410 e. The third-order valence-corrected chi connectivity index (χ3v) is 4.98. The number of nitrogens with zero attached hydrogens (tertiary/aromatic N) is 2. The SMILES string of the molecule is CC(C)(C)OC(=O)N1CCCCC2CN(Cc3ccccc3)CC21. The summed E-state index contributed by atoms with van der Waals surface area (Å²) >= 11 is 0. The fourth-order valence-electron chi connectivity index (χ4n) is 3.95. The molecule has 0 bridgehead atoms. The van der Waals surface area contributed by atoms with E-state index in [0.29, 0.717) is 12.0 Å². The summed E-state index contributed by atoms with van der Waals surface area (Å²) in [5.74, 6) is 0.573. The van der Waals surface area contributed by atoms with Gasteiger partial charge in [-0.05, 0) is 45.1 Å². The fourth-order valence-corrected chi connectivity index (χ4v) is 3.95. The number of benzene rings is 1. The molecule has 0 N–H and O–H groups in total. The zero-order chi connectivity index (χ0) is 17.2. The van der Waals surface area contributed by atoms with Crippen LogP contribution in [0.25, 0.3) is 0 Å². The van der Waals surface area contributed by atoms with Gasteiger partial charge in [-0.25, -0.2) is 4.79 Å². The maximum absolute atomic E-state index is 12.7. The highest BCUT2D eigenvalue weighted by Crippen LogP contribution is 2.31. The highest BCUT2D eigenvalue weighted by Gasteiger charge is 2.40. The van der Waals surface area contributed by atoms with Crippen molar-refractivity contribution in [1.29, 1.82) is 0 Å². The summed E-state index contributed by atoms with van der Waals surface area (Å²) in [6.45, 7) is 9.66. The molecule has 2 saturated heterocycles. The van der Waals surface area contributed by atoms with Crippen LogP contribution in [0.1, 0.15) is 45.6 Å². The van der Waals surface area contributed by atoms with Crippen LogP contribution in [-0.4, -0.2) is 47.2 Å². The maximum atomic E-state index is 12.7. The Labute approximate surface area is 145 Å². The lowest BCUT2D eigenvalue weighted by Crippen LogP contribution is -2.46. The van der Waals surface area contributed by atoms with Gasteiger partial charge < -0.3 is 9.64 Å². The minimum atomic E-state index is -0.429. The van der Waals surface area contributed by atoms with Crippen LogP contribution in [0.3, 0.4) is 0 Å². The predicted molar refractivity (Wildman–Crippen MR) is 95.8 cm³/mol. The smallest absolute Gasteiger partial charge is 0.410 e. The topological polar surface area (TPSA) is 32.8 Å². The van der Waals surface area contributed by atoms with E-state index in [1.54, 1.807) is 0 Å². The van der Waals surface area contributed by atoms with Crippen molar-refractivity contribution >= 4 is 6.09 Å². The van der Waals surface area contributed by atoms with Crippen LogP contribution < -0.4 is 0 Å². The number of rotatable bonds is 2. The van der Waals surface area contributed by atoms with Gasteiger partial charge >= 0.3 is 6.09 Å². The molecular formula is C20H30N2O2. The standard InChI is InChI=1S/C20H30N2O2/c1-20(2,3)24-19(23)22-12-8-7-11-17-14-21(15-18(17)22)13-16-9-5-4-6-10-16/h4-6,9-10,17-18H,7-8,11-15H2,1-3H3. The number of amides is 1. The molecule has 2 fully saturated rings. The van der Waals surface area contributed by atoms with Gasteiger partial charge in [0.15, 0.2) is 0 Å². The molecule has 2 atom stereocenters. The summed E-state index contributed by atoms with van der Waals surface area (Å²) in [5, 5.41) is 0. The lowest BCUT2D eigenvalue weighted by atomic mass is 9.98. The molecule has 0 spiro atoms. The molecule has 3 rings (SSSR count). The van der Waals surface area contributed by atoms with Crippen molar-refractivity contribution in [2.75, 3.05) is 19.6 Å². The van der Waals surface area contributed by atoms with Gasteiger partial charge in [-0.1, -0.05) is 36.8 Å². The van der Waals surface area contributed by atoms with E-state index in [4.69, 9.17) is 4.74 Å². The molecule has 0 radical (unpaired) electrons. The molecule has 24 heavy (non-hydrogen) atoms. The highest BCUT2D eigenvalue weighted by atomic mass is 16.6. The zero-order valence-electron chi connectivity index (χ0n) is 15.2. The second-order valence-corrected chi connectivity index (χ2v) is 8.18. The lowest BCUT2D eigenvalue weighted by molar-refractivity contribution is 0.0149. The quantitative estimate of drug-likeness (QED) is 0.824. The van der Waals surface area contributed by atoms with E-state index < -0.39 is 5.60 Å². The number of ether oxygens (including phenoxy) is 1. The van der Waals surface area contributed by atoms with Gasteiger partial charge in [0, 0.05) is 26.2 Å². The Hall–Kier alpha value is -1.55. The van der Waals surface area contributed by atoms with Crippen molar-refractivity contribution in [2.24, 2.45) is 5.92 Å². The molecule has 4 heteroatoms. The van der Waals surface area contributed by atoms with Crippen molar-refractivity contribution < 1.29 is 9.53 Å². The number of hydrogen-bond donors (Lipinski definition) is 0. The summed E-state index contributed by atoms with van der Waals surface area (Å²) in [6.07, 6.45) is 3.38. The third-order valence-electron chi connectivity index (χ3n) is 4.98. The monoisotopic (exact) mass is 330 g/mol. The average Bonchev–Trinajstić information content (AvgIpc) is 2.78. The number of fused-ring (bicyclic) bond motifs is 1. The fraction of sp³-hybridized carbons (Fsp3) is 0.650. The van der Waals surface area contributed by atoms with Crippen LogP contribution in [0.2, 0.25) is 0 Å². The van der Waals surface area contributed by atoms with Crippen molar-refractivity contribution in [2.45, 2.75) is 58.2 Å². The van der Waals surface area contributed by atoms with Crippen LogP contribution in [0, 0.1) is 5.92 Å². The molecule has 2 heterocycles. The highest BCUT2D eigenvalue weighted by molar-refractivity contribution is 5.68. The first-order valence-corrected chi connectivity index (χ1v) is 9.18. The predicted octanol–water partition coefficient (Wildman–Crippen LogP) is 3.91. The van der Waals surface area contributed by atoms with E-state index >= 15 is 0 Å². The van der Waals surface area contributed by atoms with E-state index in [2.05, 4.69) is 35.2 Å². The summed E-state index contributed by atoms with van der Waals surface area (Å²) in [6, 6.07) is 10.9. The molecule has 1 aromatic carbocycles. The molecule has 2 aliphatic heterocycles. The second-order valence-electron chi connectivity index (χ2n) is 8.18. The van der Waals surface area contributed by atoms with Crippen molar-refractivity contribution in [3.05, 3.63) is 35.9 Å². The summed E-state index contributed by atoms with van der Waals surface area (Å²) in [7, 11) is 0. The molecule has 2 unspecified atom stereocenters. The van der Waals surface area contributed by atoms with E-state index in [-0.39, 0.29) is 6.09 Å². The normalized spacial score (nSPS) is 25.2. The molecule has 0 aromatic heterocycles. The first-order valence-electron chi connectivity index (χ1n) is 9.18. The first-order chi connectivity index (χ1) is 11.4. The minimum Gasteiger partial charge on any atom is -0.444 e. The molecule has 1 aromatic rings. The number of carbonyl (C=O) groups is 1. The molecular weight excluding hydrogens is 300 g/mol.